The number of nitrogens with zero attached hydrogens (tertiary/aromatic N) is 2. The van der Waals surface area contributed by atoms with Crippen molar-refractivity contribution in [3.05, 3.63) is 95.6 Å². The van der Waals surface area contributed by atoms with Crippen LogP contribution in [-0.4, -0.2) is 35.4 Å². The number of hydrogen-bond donors (Lipinski definition) is 1. The van der Waals surface area contributed by atoms with Gasteiger partial charge in [-0.1, -0.05) is 78.9 Å². The van der Waals surface area contributed by atoms with Crippen LogP contribution >= 0.6 is 11.8 Å². The predicted molar refractivity (Wildman–Crippen MR) is 133 cm³/mol. The van der Waals surface area contributed by atoms with Crippen LogP contribution in [0.5, 0.6) is 0 Å². The number of hydrogen-bond acceptors (Lipinski definition) is 4. The van der Waals surface area contributed by atoms with Gasteiger partial charge in [0.05, 0.1) is 11.0 Å². The van der Waals surface area contributed by atoms with Gasteiger partial charge in [0, 0.05) is 38.2 Å². The minimum Gasteiger partial charge on any atom is -0.298 e. The normalized spacial score (nSPS) is 15.8. The van der Waals surface area contributed by atoms with E-state index in [9.17, 15) is 4.79 Å². The molecule has 0 atom stereocenters. The van der Waals surface area contributed by atoms with E-state index in [4.69, 9.17) is 0 Å². The molecule has 0 saturated carbocycles. The van der Waals surface area contributed by atoms with E-state index in [0.717, 1.165) is 38.2 Å². The Labute approximate surface area is 193 Å². The summed E-state index contributed by atoms with van der Waals surface area (Å²) < 4.78 is 0. The van der Waals surface area contributed by atoms with E-state index in [0.29, 0.717) is 5.75 Å². The second kappa shape index (κ2) is 9.72. The molecule has 3 aromatic carbocycles. The standard InChI is InChI=1S/C27H27N3OS/c31-26(29-28-21-14-16-30(17-15-21)18-20-8-2-1-3-9-20)19-32-27-24-12-6-4-10-22(24)23-11-5-7-13-25(23)27/h1-13,27H,14-19H2,(H,29,31). The third kappa shape index (κ3) is 4.64. The van der Waals surface area contributed by atoms with Gasteiger partial charge in [-0.15, -0.1) is 11.8 Å². The van der Waals surface area contributed by atoms with Crippen molar-refractivity contribution in [1.29, 1.82) is 0 Å². The van der Waals surface area contributed by atoms with Gasteiger partial charge in [0.1, 0.15) is 0 Å². The molecule has 3 aromatic rings. The zero-order chi connectivity index (χ0) is 21.8. The Morgan fingerprint density at radius 1 is 0.875 bits per heavy atom. The Bertz CT molecular complexity index is 1070. The summed E-state index contributed by atoms with van der Waals surface area (Å²) in [6.07, 6.45) is 1.81. The first-order chi connectivity index (χ1) is 15.8. The minimum absolute atomic E-state index is 0.0314. The van der Waals surface area contributed by atoms with Crippen LogP contribution in [-0.2, 0) is 11.3 Å². The Hall–Kier alpha value is -2.89. The highest BCUT2D eigenvalue weighted by atomic mass is 32.2. The van der Waals surface area contributed by atoms with Crippen molar-refractivity contribution in [2.45, 2.75) is 24.6 Å². The highest BCUT2D eigenvalue weighted by Gasteiger charge is 2.28. The molecule has 0 aromatic heterocycles. The summed E-state index contributed by atoms with van der Waals surface area (Å²) in [7, 11) is 0. The average Bonchev–Trinajstić information content (AvgIpc) is 3.17. The molecule has 2 aliphatic rings. The van der Waals surface area contributed by atoms with Gasteiger partial charge in [-0.2, -0.15) is 5.10 Å². The molecule has 5 rings (SSSR count). The number of hydrazone groups is 1. The number of carbonyl (C=O) groups is 1. The lowest BCUT2D eigenvalue weighted by atomic mass is 10.1. The van der Waals surface area contributed by atoms with Crippen molar-refractivity contribution < 1.29 is 4.79 Å². The van der Waals surface area contributed by atoms with Crippen LogP contribution in [0.25, 0.3) is 11.1 Å². The van der Waals surface area contributed by atoms with Crippen LogP contribution in [0.1, 0.15) is 34.8 Å². The number of thioether (sulfide) groups is 1. The molecule has 1 amide bonds. The van der Waals surface area contributed by atoms with Gasteiger partial charge < -0.3 is 0 Å². The topological polar surface area (TPSA) is 44.7 Å². The zero-order valence-electron chi connectivity index (χ0n) is 18.0. The number of carbonyl (C=O) groups excluding carboxylic acids is 1. The van der Waals surface area contributed by atoms with Gasteiger partial charge >= 0.3 is 0 Å². The number of nitrogens with one attached hydrogen (secondary N) is 1. The van der Waals surface area contributed by atoms with Crippen molar-refractivity contribution in [3.8, 4) is 11.1 Å². The molecule has 5 heteroatoms. The third-order valence-corrected chi connectivity index (χ3v) is 7.45. The number of fused-ring (bicyclic) bond motifs is 3. The van der Waals surface area contributed by atoms with E-state index in [-0.39, 0.29) is 11.2 Å². The number of benzene rings is 3. The zero-order valence-corrected chi connectivity index (χ0v) is 18.9. The van der Waals surface area contributed by atoms with Crippen LogP contribution in [0.2, 0.25) is 0 Å². The fraction of sp³-hybridized carbons (Fsp3) is 0.259. The lowest BCUT2D eigenvalue weighted by Crippen LogP contribution is -2.34. The van der Waals surface area contributed by atoms with Crippen LogP contribution in [0, 0.1) is 0 Å². The maximum Gasteiger partial charge on any atom is 0.250 e. The maximum atomic E-state index is 12.5. The van der Waals surface area contributed by atoms with Crippen LogP contribution in [0.4, 0.5) is 0 Å². The average molecular weight is 442 g/mol. The molecule has 1 N–H and O–H groups in total. The van der Waals surface area contributed by atoms with E-state index in [1.807, 2.05) is 0 Å². The number of amides is 1. The molecule has 0 unspecified atom stereocenters. The summed E-state index contributed by atoms with van der Waals surface area (Å²) in [4.78, 5) is 15.0. The van der Waals surface area contributed by atoms with E-state index in [1.165, 1.54) is 27.8 Å². The van der Waals surface area contributed by atoms with E-state index in [2.05, 4.69) is 94.3 Å². The van der Waals surface area contributed by atoms with Gasteiger partial charge in [-0.05, 0) is 27.8 Å². The Morgan fingerprint density at radius 3 is 2.12 bits per heavy atom. The maximum absolute atomic E-state index is 12.5. The largest absolute Gasteiger partial charge is 0.298 e. The molecule has 4 nitrogen and oxygen atoms in total. The molecule has 1 heterocycles. The lowest BCUT2D eigenvalue weighted by molar-refractivity contribution is -0.118. The fourth-order valence-electron chi connectivity index (χ4n) is 4.54. The molecule has 1 fully saturated rings. The molecular weight excluding hydrogens is 414 g/mol. The van der Waals surface area contributed by atoms with Crippen molar-refractivity contribution in [1.82, 2.24) is 10.3 Å². The molecule has 0 bridgehead atoms. The van der Waals surface area contributed by atoms with Gasteiger partial charge in [-0.25, -0.2) is 5.43 Å². The molecule has 1 saturated heterocycles. The van der Waals surface area contributed by atoms with Gasteiger partial charge in [0.2, 0.25) is 5.91 Å². The smallest absolute Gasteiger partial charge is 0.250 e. The molecule has 32 heavy (non-hydrogen) atoms. The quantitative estimate of drug-likeness (QED) is 0.531. The van der Waals surface area contributed by atoms with Crippen LogP contribution in [0.3, 0.4) is 0 Å². The Balaban J connectivity index is 1.13. The minimum atomic E-state index is -0.0314. The van der Waals surface area contributed by atoms with Gasteiger partial charge in [-0.3, -0.25) is 9.69 Å². The van der Waals surface area contributed by atoms with Crippen LogP contribution < -0.4 is 5.43 Å². The first kappa shape index (κ1) is 21.0. The van der Waals surface area contributed by atoms with Crippen molar-refractivity contribution in [3.63, 3.8) is 0 Å². The van der Waals surface area contributed by atoms with E-state index in [1.54, 1.807) is 11.8 Å². The summed E-state index contributed by atoms with van der Waals surface area (Å²) in [5.74, 6) is 0.362. The van der Waals surface area contributed by atoms with Crippen molar-refractivity contribution in [2.75, 3.05) is 18.8 Å². The van der Waals surface area contributed by atoms with Crippen LogP contribution in [0.15, 0.2) is 84.0 Å². The van der Waals surface area contributed by atoms with Gasteiger partial charge in [0.15, 0.2) is 0 Å². The highest BCUT2D eigenvalue weighted by Crippen LogP contribution is 2.49. The van der Waals surface area contributed by atoms with Crippen molar-refractivity contribution in [2.24, 2.45) is 5.10 Å². The summed E-state index contributed by atoms with van der Waals surface area (Å²) in [6.45, 7) is 2.93. The number of piperidine rings is 1. The molecular formula is C27H27N3OS. The van der Waals surface area contributed by atoms with Gasteiger partial charge in [0.25, 0.3) is 0 Å². The Kier molecular flexibility index (Phi) is 6.37. The second-order valence-corrected chi connectivity index (χ2v) is 9.43. The van der Waals surface area contributed by atoms with E-state index < -0.39 is 0 Å². The first-order valence-electron chi connectivity index (χ1n) is 11.2. The van der Waals surface area contributed by atoms with Crippen molar-refractivity contribution >= 4 is 23.4 Å². The SMILES string of the molecule is O=C(CSC1c2ccccc2-c2ccccc21)NN=C1CCN(Cc2ccccc2)CC1. The Morgan fingerprint density at radius 2 is 1.47 bits per heavy atom. The van der Waals surface area contributed by atoms with E-state index >= 15 is 0 Å². The number of likely N-dealkylation sites (tertiary alicyclic amines) is 1. The second-order valence-electron chi connectivity index (χ2n) is 8.34. The summed E-state index contributed by atoms with van der Waals surface area (Å²) >= 11 is 1.68. The fourth-order valence-corrected chi connectivity index (χ4v) is 5.70. The number of rotatable bonds is 6. The lowest BCUT2D eigenvalue weighted by Gasteiger charge is -2.27. The third-order valence-electron chi connectivity index (χ3n) is 6.18. The molecule has 1 aliphatic carbocycles. The first-order valence-corrected chi connectivity index (χ1v) is 12.2. The summed E-state index contributed by atoms with van der Waals surface area (Å²) in [5.41, 5.74) is 10.4. The summed E-state index contributed by atoms with van der Waals surface area (Å²) in [5, 5.41) is 4.63. The summed E-state index contributed by atoms with van der Waals surface area (Å²) in [6, 6.07) is 27.6. The molecule has 0 spiro atoms. The molecule has 0 radical (unpaired) electrons. The monoisotopic (exact) mass is 441 g/mol. The predicted octanol–water partition coefficient (Wildman–Crippen LogP) is 5.26. The highest BCUT2D eigenvalue weighted by molar-refractivity contribution is 8.00. The molecule has 162 valence electrons. The molecule has 1 aliphatic heterocycles.